The van der Waals surface area contributed by atoms with Gasteiger partial charge in [-0.3, -0.25) is 0 Å². The van der Waals surface area contributed by atoms with E-state index in [4.69, 9.17) is 10.5 Å². The summed E-state index contributed by atoms with van der Waals surface area (Å²) < 4.78 is 5.72. The van der Waals surface area contributed by atoms with Crippen LogP contribution in [0, 0.1) is 11.8 Å². The van der Waals surface area contributed by atoms with E-state index in [1.165, 1.54) is 0 Å². The van der Waals surface area contributed by atoms with Gasteiger partial charge in [-0.2, -0.15) is 0 Å². The van der Waals surface area contributed by atoms with Crippen molar-refractivity contribution in [2.75, 3.05) is 6.61 Å². The van der Waals surface area contributed by atoms with E-state index in [0.717, 1.165) is 19.4 Å². The van der Waals surface area contributed by atoms with Gasteiger partial charge in [0.1, 0.15) is 0 Å². The van der Waals surface area contributed by atoms with Gasteiger partial charge >= 0.3 is 0 Å². The predicted molar refractivity (Wildman–Crippen MR) is 62.3 cm³/mol. The number of hydrogen-bond acceptors (Lipinski definition) is 2. The third kappa shape index (κ3) is 3.97. The topological polar surface area (TPSA) is 35.2 Å². The second kappa shape index (κ2) is 7.24. The maximum absolute atomic E-state index is 6.25. The van der Waals surface area contributed by atoms with E-state index >= 15 is 0 Å². The fourth-order valence-corrected chi connectivity index (χ4v) is 2.04. The van der Waals surface area contributed by atoms with Gasteiger partial charge in [0.25, 0.3) is 0 Å². The van der Waals surface area contributed by atoms with Crippen LogP contribution in [0.2, 0.25) is 0 Å². The highest BCUT2D eigenvalue weighted by Gasteiger charge is 2.26. The van der Waals surface area contributed by atoms with Crippen molar-refractivity contribution in [3.05, 3.63) is 0 Å². The summed E-state index contributed by atoms with van der Waals surface area (Å²) in [6.07, 6.45) is 2.51. The van der Waals surface area contributed by atoms with Crippen molar-refractivity contribution in [1.29, 1.82) is 0 Å². The Kier molecular flexibility index (Phi) is 7.20. The Labute approximate surface area is 89.2 Å². The highest BCUT2D eigenvalue weighted by Crippen LogP contribution is 2.20. The summed E-state index contributed by atoms with van der Waals surface area (Å²) in [5.41, 5.74) is 6.25. The smallest absolute Gasteiger partial charge is 0.0751 e. The van der Waals surface area contributed by atoms with Crippen molar-refractivity contribution in [3.63, 3.8) is 0 Å². The molecule has 0 aromatic heterocycles. The molecule has 0 spiro atoms. The normalized spacial score (nSPS) is 16.3. The molecule has 86 valence electrons. The first-order chi connectivity index (χ1) is 6.58. The van der Waals surface area contributed by atoms with Gasteiger partial charge in [0, 0.05) is 12.6 Å². The number of ether oxygens (including phenoxy) is 1. The van der Waals surface area contributed by atoms with Crippen molar-refractivity contribution in [2.45, 2.75) is 59.6 Å². The average molecular weight is 201 g/mol. The standard InChI is InChI=1S/C12H27NO/c1-6-10(7-2)11(13)12(9(4)5)14-8-3/h9-12H,6-8,13H2,1-5H3. The van der Waals surface area contributed by atoms with Crippen molar-refractivity contribution in [1.82, 2.24) is 0 Å². The lowest BCUT2D eigenvalue weighted by Gasteiger charge is -2.32. The molecule has 14 heavy (non-hydrogen) atoms. The van der Waals surface area contributed by atoms with Crippen molar-refractivity contribution in [3.8, 4) is 0 Å². The summed E-state index contributed by atoms with van der Waals surface area (Å²) in [5.74, 6) is 1.10. The summed E-state index contributed by atoms with van der Waals surface area (Å²) in [7, 11) is 0. The molecule has 0 rings (SSSR count). The maximum Gasteiger partial charge on any atom is 0.0751 e. The molecule has 2 unspecified atom stereocenters. The number of hydrogen-bond donors (Lipinski definition) is 1. The molecule has 0 aromatic rings. The Hall–Kier alpha value is -0.0800. The lowest BCUT2D eigenvalue weighted by atomic mass is 9.86. The van der Waals surface area contributed by atoms with Crippen LogP contribution in [0.15, 0.2) is 0 Å². The van der Waals surface area contributed by atoms with Gasteiger partial charge in [0.05, 0.1) is 6.10 Å². The zero-order valence-corrected chi connectivity index (χ0v) is 10.4. The van der Waals surface area contributed by atoms with Gasteiger partial charge in [-0.25, -0.2) is 0 Å². The van der Waals surface area contributed by atoms with Crippen LogP contribution in [0.25, 0.3) is 0 Å². The predicted octanol–water partition coefficient (Wildman–Crippen LogP) is 2.81. The van der Waals surface area contributed by atoms with Crippen LogP contribution in [0.1, 0.15) is 47.5 Å². The molecule has 2 atom stereocenters. The number of rotatable bonds is 7. The van der Waals surface area contributed by atoms with Crippen LogP contribution in [-0.4, -0.2) is 18.8 Å². The summed E-state index contributed by atoms with van der Waals surface area (Å²) in [4.78, 5) is 0. The minimum absolute atomic E-state index is 0.185. The molecule has 0 aromatic carbocycles. The lowest BCUT2D eigenvalue weighted by Crippen LogP contribution is -2.45. The SMILES string of the molecule is CCOC(C(C)C)C(N)C(CC)CC. The molecule has 2 N–H and O–H groups in total. The molecule has 0 saturated carbocycles. The van der Waals surface area contributed by atoms with E-state index < -0.39 is 0 Å². The van der Waals surface area contributed by atoms with Gasteiger partial charge in [-0.05, 0) is 18.8 Å². The molecule has 0 aliphatic rings. The monoisotopic (exact) mass is 201 g/mol. The van der Waals surface area contributed by atoms with Crippen molar-refractivity contribution >= 4 is 0 Å². The lowest BCUT2D eigenvalue weighted by molar-refractivity contribution is -0.00214. The average Bonchev–Trinajstić information content (AvgIpc) is 2.15. The van der Waals surface area contributed by atoms with Crippen LogP contribution in [0.4, 0.5) is 0 Å². The molecule has 0 radical (unpaired) electrons. The van der Waals surface area contributed by atoms with Crippen LogP contribution in [0.5, 0.6) is 0 Å². The summed E-state index contributed by atoms with van der Waals surface area (Å²) in [5, 5.41) is 0. The highest BCUT2D eigenvalue weighted by molar-refractivity contribution is 4.81. The first-order valence-corrected chi connectivity index (χ1v) is 5.95. The molecule has 2 heteroatoms. The van der Waals surface area contributed by atoms with Gasteiger partial charge < -0.3 is 10.5 Å². The van der Waals surface area contributed by atoms with Gasteiger partial charge in [0.2, 0.25) is 0 Å². The third-order valence-corrected chi connectivity index (χ3v) is 2.99. The van der Waals surface area contributed by atoms with Crippen molar-refractivity contribution in [2.24, 2.45) is 17.6 Å². The number of nitrogens with two attached hydrogens (primary N) is 1. The minimum atomic E-state index is 0.185. The molecule has 0 amide bonds. The molecule has 0 saturated heterocycles. The Morgan fingerprint density at radius 3 is 1.86 bits per heavy atom. The molecule has 0 aliphatic heterocycles. The zero-order chi connectivity index (χ0) is 11.1. The van der Waals surface area contributed by atoms with Gasteiger partial charge in [0.15, 0.2) is 0 Å². The third-order valence-electron chi connectivity index (χ3n) is 2.99. The van der Waals surface area contributed by atoms with Crippen LogP contribution in [-0.2, 0) is 4.74 Å². The van der Waals surface area contributed by atoms with E-state index in [-0.39, 0.29) is 12.1 Å². The fourth-order valence-electron chi connectivity index (χ4n) is 2.04. The molecule has 0 fully saturated rings. The molecular formula is C12H27NO. The van der Waals surface area contributed by atoms with E-state index in [1.807, 2.05) is 6.92 Å². The summed E-state index contributed by atoms with van der Waals surface area (Å²) in [6.45, 7) is 11.6. The van der Waals surface area contributed by atoms with Crippen LogP contribution in [0.3, 0.4) is 0 Å². The van der Waals surface area contributed by atoms with Crippen LogP contribution < -0.4 is 5.73 Å². The molecule has 0 heterocycles. The van der Waals surface area contributed by atoms with E-state index in [2.05, 4.69) is 27.7 Å². The Bertz CT molecular complexity index is 132. The first kappa shape index (κ1) is 13.9. The fraction of sp³-hybridized carbons (Fsp3) is 1.00. The van der Waals surface area contributed by atoms with Gasteiger partial charge in [-0.15, -0.1) is 0 Å². The van der Waals surface area contributed by atoms with E-state index in [9.17, 15) is 0 Å². The highest BCUT2D eigenvalue weighted by atomic mass is 16.5. The van der Waals surface area contributed by atoms with Crippen molar-refractivity contribution < 1.29 is 4.74 Å². The Morgan fingerprint density at radius 2 is 1.57 bits per heavy atom. The zero-order valence-electron chi connectivity index (χ0n) is 10.4. The molecule has 0 bridgehead atoms. The quantitative estimate of drug-likeness (QED) is 0.687. The minimum Gasteiger partial charge on any atom is -0.377 e. The summed E-state index contributed by atoms with van der Waals surface area (Å²) in [6, 6.07) is 0.185. The Balaban J connectivity index is 4.32. The molecule has 2 nitrogen and oxygen atoms in total. The summed E-state index contributed by atoms with van der Waals surface area (Å²) >= 11 is 0. The Morgan fingerprint density at radius 1 is 1.07 bits per heavy atom. The second-order valence-corrected chi connectivity index (χ2v) is 4.32. The molecular weight excluding hydrogens is 174 g/mol. The largest absolute Gasteiger partial charge is 0.377 e. The maximum atomic E-state index is 6.25. The van der Waals surface area contributed by atoms with Gasteiger partial charge in [-0.1, -0.05) is 40.5 Å². The first-order valence-electron chi connectivity index (χ1n) is 5.95. The van der Waals surface area contributed by atoms with Crippen LogP contribution >= 0.6 is 0 Å². The van der Waals surface area contributed by atoms with E-state index in [0.29, 0.717) is 11.8 Å². The second-order valence-electron chi connectivity index (χ2n) is 4.32. The van der Waals surface area contributed by atoms with E-state index in [1.54, 1.807) is 0 Å². The molecule has 0 aliphatic carbocycles.